The minimum absolute atomic E-state index is 0.182. The second-order valence-electron chi connectivity index (χ2n) is 7.58. The van der Waals surface area contributed by atoms with Crippen LogP contribution < -0.4 is 10.2 Å². The molecular formula is C23H21Cl3N2O2. The number of benzene rings is 2. The number of carbonyl (C=O) groups is 1. The molecule has 1 aliphatic rings. The maximum atomic E-state index is 12.6. The predicted octanol–water partition coefficient (Wildman–Crippen LogP) is 7.40. The van der Waals surface area contributed by atoms with Crippen LogP contribution in [0.4, 0.5) is 11.4 Å². The Morgan fingerprint density at radius 3 is 2.47 bits per heavy atom. The van der Waals surface area contributed by atoms with E-state index in [1.807, 2.05) is 12.1 Å². The first-order valence-electron chi connectivity index (χ1n) is 9.82. The van der Waals surface area contributed by atoms with Gasteiger partial charge in [-0.1, -0.05) is 41.7 Å². The Balaban J connectivity index is 1.46. The Morgan fingerprint density at radius 2 is 1.77 bits per heavy atom. The van der Waals surface area contributed by atoms with E-state index < -0.39 is 0 Å². The molecule has 0 aliphatic carbocycles. The van der Waals surface area contributed by atoms with Crippen molar-refractivity contribution in [3.8, 4) is 11.3 Å². The fraction of sp³-hybridized carbons (Fsp3) is 0.261. The van der Waals surface area contributed by atoms with Crippen LogP contribution in [0, 0.1) is 5.92 Å². The quantitative estimate of drug-likeness (QED) is 0.438. The van der Waals surface area contributed by atoms with Crippen LogP contribution >= 0.6 is 34.8 Å². The van der Waals surface area contributed by atoms with Crippen LogP contribution in [0.3, 0.4) is 0 Å². The first-order valence-corrected chi connectivity index (χ1v) is 10.9. The van der Waals surface area contributed by atoms with Gasteiger partial charge in [0.2, 0.25) is 0 Å². The van der Waals surface area contributed by atoms with E-state index in [9.17, 15) is 4.79 Å². The molecule has 1 fully saturated rings. The Hall–Kier alpha value is -2.14. The Kier molecular flexibility index (Phi) is 6.28. The molecule has 3 aromatic rings. The average molecular weight is 464 g/mol. The zero-order valence-electron chi connectivity index (χ0n) is 16.4. The monoisotopic (exact) mass is 462 g/mol. The number of hydrogen-bond donors (Lipinski definition) is 1. The summed E-state index contributed by atoms with van der Waals surface area (Å²) in [5, 5.41) is 4.45. The lowest BCUT2D eigenvalue weighted by molar-refractivity contribution is 0.0997. The highest BCUT2D eigenvalue weighted by Gasteiger charge is 2.19. The molecule has 4 rings (SSSR count). The summed E-state index contributed by atoms with van der Waals surface area (Å²) in [7, 11) is 0. The number of nitrogens with one attached hydrogen (secondary N) is 1. The van der Waals surface area contributed by atoms with Crippen molar-refractivity contribution < 1.29 is 9.21 Å². The first kappa shape index (κ1) is 21.1. The van der Waals surface area contributed by atoms with Crippen LogP contribution in [-0.2, 0) is 0 Å². The SMILES string of the molecule is CC1CCN(c2ccc(NC(=O)c3ccc(-c4ccc(Cl)cc4Cl)o3)cc2Cl)CC1. The van der Waals surface area contributed by atoms with Gasteiger partial charge in [0.25, 0.3) is 5.91 Å². The predicted molar refractivity (Wildman–Crippen MR) is 124 cm³/mol. The van der Waals surface area contributed by atoms with Gasteiger partial charge in [0.05, 0.1) is 15.7 Å². The summed E-state index contributed by atoms with van der Waals surface area (Å²) in [4.78, 5) is 14.9. The minimum atomic E-state index is -0.359. The second kappa shape index (κ2) is 8.93. The molecule has 0 saturated carbocycles. The molecule has 1 amide bonds. The maximum absolute atomic E-state index is 12.6. The van der Waals surface area contributed by atoms with E-state index >= 15 is 0 Å². The molecule has 0 bridgehead atoms. The van der Waals surface area contributed by atoms with Gasteiger partial charge in [0.1, 0.15) is 5.76 Å². The van der Waals surface area contributed by atoms with E-state index in [4.69, 9.17) is 39.2 Å². The minimum Gasteiger partial charge on any atom is -0.451 e. The van der Waals surface area contributed by atoms with Crippen molar-refractivity contribution in [3.63, 3.8) is 0 Å². The third kappa shape index (κ3) is 4.61. The zero-order chi connectivity index (χ0) is 21.3. The Morgan fingerprint density at radius 1 is 1.00 bits per heavy atom. The molecule has 0 radical (unpaired) electrons. The second-order valence-corrected chi connectivity index (χ2v) is 8.83. The first-order chi connectivity index (χ1) is 14.4. The Bertz CT molecular complexity index is 1070. The van der Waals surface area contributed by atoms with Gasteiger partial charge in [-0.05, 0) is 67.3 Å². The number of hydrogen-bond acceptors (Lipinski definition) is 3. The third-order valence-corrected chi connectivity index (χ3v) is 6.21. The molecular weight excluding hydrogens is 443 g/mol. The van der Waals surface area contributed by atoms with Gasteiger partial charge >= 0.3 is 0 Å². The molecule has 1 saturated heterocycles. The van der Waals surface area contributed by atoms with E-state index in [0.29, 0.717) is 32.1 Å². The summed E-state index contributed by atoms with van der Waals surface area (Å²) in [6, 6.07) is 14.0. The van der Waals surface area contributed by atoms with Crippen molar-refractivity contribution >= 4 is 52.1 Å². The summed E-state index contributed by atoms with van der Waals surface area (Å²) in [5.74, 6) is 1.07. The molecule has 4 nitrogen and oxygen atoms in total. The molecule has 1 aliphatic heterocycles. The van der Waals surface area contributed by atoms with Crippen LogP contribution in [-0.4, -0.2) is 19.0 Å². The van der Waals surface area contributed by atoms with Gasteiger partial charge < -0.3 is 14.6 Å². The van der Waals surface area contributed by atoms with Gasteiger partial charge in [-0.15, -0.1) is 0 Å². The average Bonchev–Trinajstić information content (AvgIpc) is 3.19. The van der Waals surface area contributed by atoms with Crippen LogP contribution in [0.1, 0.15) is 30.3 Å². The van der Waals surface area contributed by atoms with E-state index in [0.717, 1.165) is 37.5 Å². The highest BCUT2D eigenvalue weighted by molar-refractivity contribution is 6.36. The number of halogens is 3. The maximum Gasteiger partial charge on any atom is 0.291 e. The van der Waals surface area contributed by atoms with Crippen LogP contribution in [0.25, 0.3) is 11.3 Å². The smallest absolute Gasteiger partial charge is 0.291 e. The number of piperidine rings is 1. The molecule has 156 valence electrons. The molecule has 2 heterocycles. The summed E-state index contributed by atoms with van der Waals surface area (Å²) >= 11 is 18.7. The molecule has 1 N–H and O–H groups in total. The largest absolute Gasteiger partial charge is 0.451 e. The van der Waals surface area contributed by atoms with Gasteiger partial charge in [-0.2, -0.15) is 0 Å². The number of furan rings is 1. The fourth-order valence-corrected chi connectivity index (χ4v) is 4.38. The summed E-state index contributed by atoms with van der Waals surface area (Å²) < 4.78 is 5.70. The van der Waals surface area contributed by atoms with Crippen molar-refractivity contribution in [2.75, 3.05) is 23.3 Å². The lowest BCUT2D eigenvalue weighted by Gasteiger charge is -2.32. The summed E-state index contributed by atoms with van der Waals surface area (Å²) in [5.41, 5.74) is 2.28. The zero-order valence-corrected chi connectivity index (χ0v) is 18.7. The lowest BCUT2D eigenvalue weighted by Crippen LogP contribution is -2.32. The molecule has 1 aromatic heterocycles. The van der Waals surface area contributed by atoms with Crippen LogP contribution in [0.5, 0.6) is 0 Å². The highest BCUT2D eigenvalue weighted by atomic mass is 35.5. The number of rotatable bonds is 4. The van der Waals surface area contributed by atoms with Gasteiger partial charge in [-0.3, -0.25) is 4.79 Å². The fourth-order valence-electron chi connectivity index (χ4n) is 3.58. The number of carbonyl (C=O) groups excluding carboxylic acids is 1. The standard InChI is InChI=1S/C23H21Cl3N2O2/c1-14-8-10-28(11-9-14)20-5-3-16(13-19(20)26)27-23(29)22-7-6-21(30-22)17-4-2-15(24)12-18(17)25/h2-7,12-14H,8-11H2,1H3,(H,27,29). The van der Waals surface area contributed by atoms with E-state index in [-0.39, 0.29) is 11.7 Å². The van der Waals surface area contributed by atoms with E-state index in [1.54, 1.807) is 36.4 Å². The van der Waals surface area contributed by atoms with Gasteiger partial charge in [0, 0.05) is 29.4 Å². The molecule has 0 spiro atoms. The van der Waals surface area contributed by atoms with Crippen molar-refractivity contribution in [1.29, 1.82) is 0 Å². The summed E-state index contributed by atoms with van der Waals surface area (Å²) in [6.45, 7) is 4.27. The van der Waals surface area contributed by atoms with Gasteiger partial charge in [-0.25, -0.2) is 0 Å². The van der Waals surface area contributed by atoms with Crippen molar-refractivity contribution in [2.45, 2.75) is 19.8 Å². The number of nitrogens with zero attached hydrogens (tertiary/aromatic N) is 1. The van der Waals surface area contributed by atoms with Crippen molar-refractivity contribution in [2.24, 2.45) is 5.92 Å². The third-order valence-electron chi connectivity index (χ3n) is 5.36. The van der Waals surface area contributed by atoms with Gasteiger partial charge in [0.15, 0.2) is 5.76 Å². The Labute approximate surface area is 190 Å². The lowest BCUT2D eigenvalue weighted by atomic mass is 9.99. The molecule has 0 unspecified atom stereocenters. The molecule has 2 aromatic carbocycles. The normalized spacial score (nSPS) is 14.7. The molecule has 7 heteroatoms. The molecule has 30 heavy (non-hydrogen) atoms. The van der Waals surface area contributed by atoms with E-state index in [2.05, 4.69) is 17.1 Å². The van der Waals surface area contributed by atoms with Crippen molar-refractivity contribution in [3.05, 3.63) is 69.4 Å². The number of amides is 1. The van der Waals surface area contributed by atoms with Crippen molar-refractivity contribution in [1.82, 2.24) is 0 Å². The summed E-state index contributed by atoms with van der Waals surface area (Å²) in [6.07, 6.45) is 2.32. The molecule has 0 atom stereocenters. The van der Waals surface area contributed by atoms with Crippen LogP contribution in [0.15, 0.2) is 52.9 Å². The highest BCUT2D eigenvalue weighted by Crippen LogP contribution is 2.33. The van der Waals surface area contributed by atoms with E-state index in [1.165, 1.54) is 0 Å². The van der Waals surface area contributed by atoms with Crippen LogP contribution in [0.2, 0.25) is 15.1 Å². The topological polar surface area (TPSA) is 45.5 Å². The number of anilines is 2.